The van der Waals surface area contributed by atoms with Gasteiger partial charge in [-0.2, -0.15) is 0 Å². The highest BCUT2D eigenvalue weighted by molar-refractivity contribution is 5.84. The molecule has 0 rings (SSSR count). The average Bonchev–Trinajstić information content (AvgIpc) is 2.89. The van der Waals surface area contributed by atoms with Crippen molar-refractivity contribution in [3.05, 3.63) is 0 Å². The Balaban J connectivity index is 3.73. The second-order valence-electron chi connectivity index (χ2n) is 8.48. The molecule has 0 fully saturated rings. The monoisotopic (exact) mass is 563 g/mol. The zero-order chi connectivity index (χ0) is 29.1. The largest absolute Gasteiger partial charge is 0.481 e. The molecule has 0 radical (unpaired) electrons. The molecule has 0 aromatic heterocycles. The van der Waals surface area contributed by atoms with E-state index in [1.54, 1.807) is 0 Å². The Hall–Kier alpha value is -2.81. The first-order valence-corrected chi connectivity index (χ1v) is 13.3. The van der Waals surface area contributed by atoms with Crippen LogP contribution < -0.4 is 16.0 Å². The predicted molar refractivity (Wildman–Crippen MR) is 139 cm³/mol. The minimum Gasteiger partial charge on any atom is -0.481 e. The van der Waals surface area contributed by atoms with Crippen molar-refractivity contribution in [2.45, 2.75) is 64.3 Å². The molecular weight excluding hydrogens is 518 g/mol. The number of carbonyl (C=O) groups excluding carboxylic acids is 3. The third-order valence-corrected chi connectivity index (χ3v) is 5.16. The van der Waals surface area contributed by atoms with Crippen molar-refractivity contribution in [2.75, 3.05) is 65.9 Å². The van der Waals surface area contributed by atoms with Gasteiger partial charge in [0.15, 0.2) is 0 Å². The van der Waals surface area contributed by atoms with Crippen molar-refractivity contribution in [2.24, 2.45) is 0 Å². The molecule has 0 bridgehead atoms. The van der Waals surface area contributed by atoms with E-state index in [0.717, 1.165) is 0 Å². The molecule has 0 aliphatic rings. The second kappa shape index (κ2) is 25.5. The van der Waals surface area contributed by atoms with E-state index < -0.39 is 23.9 Å². The number of hydrogen-bond donors (Lipinski definition) is 5. The van der Waals surface area contributed by atoms with Gasteiger partial charge in [0.05, 0.1) is 39.6 Å². The number of aliphatic carboxylic acids is 2. The van der Waals surface area contributed by atoms with Crippen LogP contribution in [0.3, 0.4) is 0 Å². The van der Waals surface area contributed by atoms with Gasteiger partial charge >= 0.3 is 11.9 Å². The predicted octanol–water partition coefficient (Wildman–Crippen LogP) is 0.0799. The number of nitrogens with one attached hydrogen (secondary N) is 3. The highest BCUT2D eigenvalue weighted by atomic mass is 16.5. The summed E-state index contributed by atoms with van der Waals surface area (Å²) in [6.45, 7) is 5.05. The molecule has 5 N–H and O–H groups in total. The van der Waals surface area contributed by atoms with E-state index in [4.69, 9.17) is 24.1 Å². The lowest BCUT2D eigenvalue weighted by molar-refractivity contribution is -0.142. The van der Waals surface area contributed by atoms with Crippen LogP contribution in [0, 0.1) is 0 Å². The number of amides is 3. The van der Waals surface area contributed by atoms with Crippen LogP contribution in [-0.2, 0) is 42.9 Å². The van der Waals surface area contributed by atoms with Gasteiger partial charge in [-0.15, -0.1) is 0 Å². The lowest BCUT2D eigenvalue weighted by atomic mass is 10.1. The summed E-state index contributed by atoms with van der Waals surface area (Å²) in [6, 6.07) is -1.17. The third-order valence-electron chi connectivity index (χ3n) is 5.16. The minimum atomic E-state index is -1.22. The molecule has 0 aromatic rings. The summed E-state index contributed by atoms with van der Waals surface area (Å²) in [5.74, 6) is -3.13. The fourth-order valence-corrected chi connectivity index (χ4v) is 3.13. The Bertz CT molecular complexity index is 707. The first-order chi connectivity index (χ1) is 18.8. The van der Waals surface area contributed by atoms with Crippen LogP contribution in [0.5, 0.6) is 0 Å². The fourth-order valence-electron chi connectivity index (χ4n) is 3.13. The molecule has 3 amide bonds. The Morgan fingerprint density at radius 2 is 1.21 bits per heavy atom. The van der Waals surface area contributed by atoms with Crippen LogP contribution in [0.1, 0.15) is 58.3 Å². The van der Waals surface area contributed by atoms with E-state index in [9.17, 15) is 29.1 Å². The van der Waals surface area contributed by atoms with Crippen molar-refractivity contribution in [1.82, 2.24) is 16.0 Å². The summed E-state index contributed by atoms with van der Waals surface area (Å²) in [6.07, 6.45) is 2.52. The summed E-state index contributed by atoms with van der Waals surface area (Å²) < 4.78 is 20.9. The lowest BCUT2D eigenvalue weighted by Crippen LogP contribution is -2.41. The van der Waals surface area contributed by atoms with Gasteiger partial charge in [-0.1, -0.05) is 12.8 Å². The van der Waals surface area contributed by atoms with Crippen LogP contribution in [-0.4, -0.2) is 112 Å². The van der Waals surface area contributed by atoms with Crippen LogP contribution in [0.4, 0.5) is 0 Å². The highest BCUT2D eigenvalue weighted by Crippen LogP contribution is 2.06. The van der Waals surface area contributed by atoms with Gasteiger partial charge < -0.3 is 45.1 Å². The van der Waals surface area contributed by atoms with Crippen LogP contribution in [0.2, 0.25) is 0 Å². The number of carboxylic acids is 2. The normalized spacial score (nSPS) is 11.5. The molecule has 0 heterocycles. The first kappa shape index (κ1) is 36.2. The zero-order valence-electron chi connectivity index (χ0n) is 22.9. The number of carbonyl (C=O) groups is 5. The third kappa shape index (κ3) is 25.2. The maximum atomic E-state index is 12.0. The second-order valence-corrected chi connectivity index (χ2v) is 8.48. The summed E-state index contributed by atoms with van der Waals surface area (Å²) >= 11 is 0. The zero-order valence-corrected chi connectivity index (χ0v) is 22.9. The van der Waals surface area contributed by atoms with E-state index in [0.29, 0.717) is 58.7 Å². The molecule has 0 saturated heterocycles. The van der Waals surface area contributed by atoms with Gasteiger partial charge in [-0.3, -0.25) is 19.2 Å². The maximum Gasteiger partial charge on any atom is 0.326 e. The quantitative estimate of drug-likeness (QED) is 0.0848. The Kier molecular flexibility index (Phi) is 23.6. The molecule has 39 heavy (non-hydrogen) atoms. The Morgan fingerprint density at radius 1 is 0.641 bits per heavy atom. The van der Waals surface area contributed by atoms with Gasteiger partial charge in [0.25, 0.3) is 0 Å². The van der Waals surface area contributed by atoms with Gasteiger partial charge in [0.1, 0.15) is 12.6 Å². The van der Waals surface area contributed by atoms with E-state index >= 15 is 0 Å². The van der Waals surface area contributed by atoms with E-state index in [-0.39, 0.29) is 70.5 Å². The molecule has 0 aromatic carbocycles. The maximum absolute atomic E-state index is 12.0. The van der Waals surface area contributed by atoms with E-state index in [2.05, 4.69) is 16.0 Å². The SMILES string of the molecule is CCOCCOCCNC(=O)COCCOCCNC(=O)CC[C@H](NC(=O)CCCCCCC(=O)O)C(=O)O. The Morgan fingerprint density at radius 3 is 1.79 bits per heavy atom. The van der Waals surface area contributed by atoms with Crippen molar-refractivity contribution < 1.29 is 53.1 Å². The average molecular weight is 564 g/mol. The smallest absolute Gasteiger partial charge is 0.326 e. The van der Waals surface area contributed by atoms with Gasteiger partial charge in [-0.05, 0) is 26.2 Å². The van der Waals surface area contributed by atoms with Crippen LogP contribution >= 0.6 is 0 Å². The molecule has 0 saturated carbocycles. The lowest BCUT2D eigenvalue weighted by Gasteiger charge is -2.14. The number of carboxylic acid groups (broad SMARTS) is 2. The molecule has 0 aliphatic heterocycles. The standard InChI is InChI=1S/C25H45N3O11/c1-2-36-15-16-37-14-12-27-23(31)19-39-18-17-38-13-11-26-21(29)10-9-20(25(34)35)28-22(30)7-5-3-4-6-8-24(32)33/h20H,2-19H2,1H3,(H,26,29)(H,27,31)(H,28,30)(H,32,33)(H,34,35)/t20-/m0/s1. The van der Waals surface area contributed by atoms with E-state index in [1.165, 1.54) is 0 Å². The van der Waals surface area contributed by atoms with Gasteiger partial charge in [0.2, 0.25) is 17.7 Å². The summed E-state index contributed by atoms with van der Waals surface area (Å²) in [5, 5.41) is 25.6. The summed E-state index contributed by atoms with van der Waals surface area (Å²) in [5.41, 5.74) is 0. The minimum absolute atomic E-state index is 0.0539. The van der Waals surface area contributed by atoms with Gasteiger partial charge in [-0.25, -0.2) is 4.79 Å². The van der Waals surface area contributed by atoms with Crippen molar-refractivity contribution in [3.8, 4) is 0 Å². The van der Waals surface area contributed by atoms with Crippen LogP contribution in [0.25, 0.3) is 0 Å². The molecule has 14 nitrogen and oxygen atoms in total. The van der Waals surface area contributed by atoms with Crippen molar-refractivity contribution >= 4 is 29.7 Å². The molecule has 1 atom stereocenters. The molecular formula is C25H45N3O11. The topological polar surface area (TPSA) is 199 Å². The van der Waals surface area contributed by atoms with Crippen LogP contribution in [0.15, 0.2) is 0 Å². The molecule has 0 unspecified atom stereocenters. The summed E-state index contributed by atoms with van der Waals surface area (Å²) in [7, 11) is 0. The fraction of sp³-hybridized carbons (Fsp3) is 0.800. The number of ether oxygens (including phenoxy) is 4. The Labute approximate surface area is 229 Å². The van der Waals surface area contributed by atoms with Crippen molar-refractivity contribution in [3.63, 3.8) is 0 Å². The van der Waals surface area contributed by atoms with Crippen molar-refractivity contribution in [1.29, 1.82) is 0 Å². The molecule has 0 spiro atoms. The number of unbranched alkanes of at least 4 members (excludes halogenated alkanes) is 3. The molecule has 0 aliphatic carbocycles. The molecule has 226 valence electrons. The highest BCUT2D eigenvalue weighted by Gasteiger charge is 2.20. The number of hydrogen-bond acceptors (Lipinski definition) is 9. The number of rotatable bonds is 27. The molecule has 14 heteroatoms. The first-order valence-electron chi connectivity index (χ1n) is 13.3. The summed E-state index contributed by atoms with van der Waals surface area (Å²) in [4.78, 5) is 57.4. The van der Waals surface area contributed by atoms with Gasteiger partial charge in [0, 0.05) is 39.0 Å². The van der Waals surface area contributed by atoms with E-state index in [1.807, 2.05) is 6.92 Å².